The van der Waals surface area contributed by atoms with Gasteiger partial charge in [0.2, 0.25) is 0 Å². The number of nitrogens with zero attached hydrogens (tertiary/aromatic N) is 3. The Morgan fingerprint density at radius 2 is 1.86 bits per heavy atom. The quantitative estimate of drug-likeness (QED) is 0.679. The Hall–Kier alpha value is -2.66. The molecule has 4 rings (SSSR count). The molecular formula is C23H28N4O. The summed E-state index contributed by atoms with van der Waals surface area (Å²) >= 11 is 0. The molecule has 28 heavy (non-hydrogen) atoms. The highest BCUT2D eigenvalue weighted by Gasteiger charge is 2.17. The van der Waals surface area contributed by atoms with Gasteiger partial charge in [0.15, 0.2) is 0 Å². The van der Waals surface area contributed by atoms with Crippen LogP contribution >= 0.6 is 0 Å². The van der Waals surface area contributed by atoms with Crippen molar-refractivity contribution in [3.05, 3.63) is 59.9 Å². The van der Waals surface area contributed by atoms with Crippen LogP contribution in [0.1, 0.15) is 48.8 Å². The minimum absolute atomic E-state index is 0.0959. The van der Waals surface area contributed by atoms with E-state index in [0.717, 1.165) is 55.1 Å². The van der Waals surface area contributed by atoms with Gasteiger partial charge in [-0.3, -0.25) is 9.69 Å². The van der Waals surface area contributed by atoms with Crippen molar-refractivity contribution in [1.82, 2.24) is 14.5 Å². The van der Waals surface area contributed by atoms with E-state index in [1.807, 2.05) is 42.5 Å². The number of aryl methyl sites for hydroxylation is 1. The normalized spacial score (nSPS) is 15.0. The number of likely N-dealkylation sites (tertiary alicyclic amines) is 1. The SMILES string of the molecule is CCCn1c(CN2CCCCC2)nc2cc(NC(=O)c3ccccc3)ccc21. The topological polar surface area (TPSA) is 50.2 Å². The van der Waals surface area contributed by atoms with Gasteiger partial charge in [-0.05, 0) is 62.7 Å². The van der Waals surface area contributed by atoms with Crippen LogP contribution in [0.25, 0.3) is 11.0 Å². The molecule has 1 N–H and O–H groups in total. The molecule has 1 amide bonds. The lowest BCUT2D eigenvalue weighted by Gasteiger charge is -2.26. The maximum Gasteiger partial charge on any atom is 0.255 e. The molecular weight excluding hydrogens is 348 g/mol. The van der Waals surface area contributed by atoms with Gasteiger partial charge in [-0.2, -0.15) is 0 Å². The van der Waals surface area contributed by atoms with Gasteiger partial charge in [0.05, 0.1) is 17.6 Å². The average molecular weight is 377 g/mol. The smallest absolute Gasteiger partial charge is 0.255 e. The first-order chi connectivity index (χ1) is 13.7. The number of carbonyl (C=O) groups excluding carboxylic acids is 1. The third kappa shape index (κ3) is 4.09. The highest BCUT2D eigenvalue weighted by atomic mass is 16.1. The minimum atomic E-state index is -0.0959. The fourth-order valence-electron chi connectivity index (χ4n) is 3.96. The van der Waals surface area contributed by atoms with Crippen molar-refractivity contribution >= 4 is 22.6 Å². The minimum Gasteiger partial charge on any atom is -0.327 e. The Kier molecular flexibility index (Phi) is 5.72. The number of rotatable bonds is 6. The van der Waals surface area contributed by atoms with Crippen LogP contribution in [0.15, 0.2) is 48.5 Å². The van der Waals surface area contributed by atoms with Crippen molar-refractivity contribution in [3.8, 4) is 0 Å². The number of amides is 1. The Morgan fingerprint density at radius 1 is 1.07 bits per heavy atom. The molecule has 0 bridgehead atoms. The molecule has 3 aromatic rings. The van der Waals surface area contributed by atoms with Gasteiger partial charge in [-0.15, -0.1) is 0 Å². The maximum atomic E-state index is 12.4. The Bertz CT molecular complexity index is 942. The number of imidazole rings is 1. The molecule has 1 aliphatic heterocycles. The van der Waals surface area contributed by atoms with Crippen molar-refractivity contribution < 1.29 is 4.79 Å². The van der Waals surface area contributed by atoms with Gasteiger partial charge in [0.1, 0.15) is 5.82 Å². The summed E-state index contributed by atoms with van der Waals surface area (Å²) in [4.78, 5) is 19.9. The van der Waals surface area contributed by atoms with Crippen LogP contribution in [0.3, 0.4) is 0 Å². The van der Waals surface area contributed by atoms with Gasteiger partial charge >= 0.3 is 0 Å². The van der Waals surface area contributed by atoms with E-state index in [4.69, 9.17) is 4.98 Å². The summed E-state index contributed by atoms with van der Waals surface area (Å²) < 4.78 is 2.34. The van der Waals surface area contributed by atoms with E-state index in [0.29, 0.717) is 5.56 Å². The van der Waals surface area contributed by atoms with E-state index in [-0.39, 0.29) is 5.91 Å². The van der Waals surface area contributed by atoms with Crippen LogP contribution in [-0.2, 0) is 13.1 Å². The standard InChI is InChI=1S/C23H28N4O/c1-2-13-27-21-12-11-19(24-23(28)18-9-5-3-6-10-18)16-20(21)25-22(27)17-26-14-7-4-8-15-26/h3,5-6,9-12,16H,2,4,7-8,13-15,17H2,1H3,(H,24,28). The van der Waals surface area contributed by atoms with Gasteiger partial charge in [0.25, 0.3) is 5.91 Å². The molecule has 0 unspecified atom stereocenters. The summed E-state index contributed by atoms with van der Waals surface area (Å²) in [6.45, 7) is 6.39. The Morgan fingerprint density at radius 3 is 2.61 bits per heavy atom. The number of piperidine rings is 1. The monoisotopic (exact) mass is 376 g/mol. The highest BCUT2D eigenvalue weighted by Crippen LogP contribution is 2.23. The number of aromatic nitrogens is 2. The van der Waals surface area contributed by atoms with Crippen molar-refractivity contribution in [2.45, 2.75) is 45.7 Å². The second-order valence-corrected chi connectivity index (χ2v) is 7.54. The summed E-state index contributed by atoms with van der Waals surface area (Å²) in [6.07, 6.45) is 4.98. The Labute approximate surface area is 166 Å². The molecule has 0 atom stereocenters. The lowest BCUT2D eigenvalue weighted by molar-refractivity contribution is 0.102. The summed E-state index contributed by atoms with van der Waals surface area (Å²) in [5, 5.41) is 2.99. The number of nitrogens with one attached hydrogen (secondary N) is 1. The fourth-order valence-corrected chi connectivity index (χ4v) is 3.96. The predicted molar refractivity (Wildman–Crippen MR) is 114 cm³/mol. The van der Waals surface area contributed by atoms with Crippen molar-refractivity contribution in [2.75, 3.05) is 18.4 Å². The molecule has 1 fully saturated rings. The molecule has 1 aliphatic rings. The lowest BCUT2D eigenvalue weighted by Crippen LogP contribution is -2.30. The fraction of sp³-hybridized carbons (Fsp3) is 0.391. The summed E-state index contributed by atoms with van der Waals surface area (Å²) in [7, 11) is 0. The number of hydrogen-bond acceptors (Lipinski definition) is 3. The third-order valence-corrected chi connectivity index (χ3v) is 5.38. The van der Waals surface area contributed by atoms with Gasteiger partial charge < -0.3 is 9.88 Å². The zero-order valence-electron chi connectivity index (χ0n) is 16.5. The zero-order valence-corrected chi connectivity index (χ0v) is 16.5. The van der Waals surface area contributed by atoms with Crippen LogP contribution in [-0.4, -0.2) is 33.4 Å². The molecule has 5 heteroatoms. The van der Waals surface area contributed by atoms with Crippen LogP contribution in [0.5, 0.6) is 0 Å². The zero-order chi connectivity index (χ0) is 19.3. The maximum absolute atomic E-state index is 12.4. The van der Waals surface area contributed by atoms with E-state index >= 15 is 0 Å². The van der Waals surface area contributed by atoms with E-state index in [1.165, 1.54) is 19.3 Å². The molecule has 0 spiro atoms. The van der Waals surface area contributed by atoms with Gasteiger partial charge in [-0.25, -0.2) is 4.98 Å². The average Bonchev–Trinajstić information content (AvgIpc) is 3.06. The Balaban J connectivity index is 1.59. The summed E-state index contributed by atoms with van der Waals surface area (Å²) in [5.41, 5.74) is 3.54. The lowest BCUT2D eigenvalue weighted by atomic mass is 10.1. The first kappa shape index (κ1) is 18.7. The van der Waals surface area contributed by atoms with Crippen LogP contribution in [0.4, 0.5) is 5.69 Å². The number of carbonyl (C=O) groups is 1. The first-order valence-electron chi connectivity index (χ1n) is 10.3. The number of fused-ring (bicyclic) bond motifs is 1. The second-order valence-electron chi connectivity index (χ2n) is 7.54. The van der Waals surface area contributed by atoms with E-state index in [2.05, 4.69) is 27.8 Å². The largest absolute Gasteiger partial charge is 0.327 e. The molecule has 0 aliphatic carbocycles. The number of benzene rings is 2. The van der Waals surface area contributed by atoms with Crippen molar-refractivity contribution in [1.29, 1.82) is 0 Å². The molecule has 2 heterocycles. The predicted octanol–water partition coefficient (Wildman–Crippen LogP) is 4.68. The third-order valence-electron chi connectivity index (χ3n) is 5.38. The van der Waals surface area contributed by atoms with Crippen LogP contribution in [0, 0.1) is 0 Å². The molecule has 5 nitrogen and oxygen atoms in total. The summed E-state index contributed by atoms with van der Waals surface area (Å²) in [5.74, 6) is 1.03. The molecule has 0 saturated carbocycles. The molecule has 146 valence electrons. The molecule has 0 radical (unpaired) electrons. The highest BCUT2D eigenvalue weighted by molar-refractivity contribution is 6.04. The molecule has 1 saturated heterocycles. The van der Waals surface area contributed by atoms with E-state index in [9.17, 15) is 4.79 Å². The van der Waals surface area contributed by atoms with E-state index in [1.54, 1.807) is 0 Å². The van der Waals surface area contributed by atoms with Crippen LogP contribution < -0.4 is 5.32 Å². The van der Waals surface area contributed by atoms with E-state index < -0.39 is 0 Å². The summed E-state index contributed by atoms with van der Waals surface area (Å²) in [6, 6.07) is 15.3. The van der Waals surface area contributed by atoms with Gasteiger partial charge in [-0.1, -0.05) is 31.5 Å². The van der Waals surface area contributed by atoms with Crippen molar-refractivity contribution in [3.63, 3.8) is 0 Å². The number of anilines is 1. The van der Waals surface area contributed by atoms with Crippen molar-refractivity contribution in [2.24, 2.45) is 0 Å². The second kappa shape index (κ2) is 8.57. The molecule has 1 aromatic heterocycles. The number of hydrogen-bond donors (Lipinski definition) is 1. The molecule has 2 aromatic carbocycles. The van der Waals surface area contributed by atoms with Crippen LogP contribution in [0.2, 0.25) is 0 Å². The van der Waals surface area contributed by atoms with Gasteiger partial charge in [0, 0.05) is 17.8 Å². The first-order valence-corrected chi connectivity index (χ1v) is 10.3.